The molecule has 3 N–H and O–H groups in total. The third-order valence-corrected chi connectivity index (χ3v) is 5.65. The van der Waals surface area contributed by atoms with E-state index in [1.807, 2.05) is 18.2 Å². The molecule has 1 aliphatic heterocycles. The Morgan fingerprint density at radius 3 is 2.62 bits per heavy atom. The van der Waals surface area contributed by atoms with Gasteiger partial charge in [-0.05, 0) is 43.1 Å². The van der Waals surface area contributed by atoms with E-state index in [1.54, 1.807) is 4.90 Å². The number of carbonyl (C=O) groups is 3. The SMILES string of the molecule is CC12CC(C(N)=O)N(C(=O)CNC(=O)CCCCc3ccccc3)C1C2. The molecule has 1 aliphatic carbocycles. The van der Waals surface area contributed by atoms with Crippen LogP contribution in [0.3, 0.4) is 0 Å². The highest BCUT2D eigenvalue weighted by atomic mass is 16.2. The zero-order valence-electron chi connectivity index (χ0n) is 15.2. The van der Waals surface area contributed by atoms with Crippen LogP contribution in [0, 0.1) is 5.41 Å². The summed E-state index contributed by atoms with van der Waals surface area (Å²) in [6.45, 7) is 2.01. The molecule has 2 aliphatic rings. The van der Waals surface area contributed by atoms with Crippen LogP contribution in [-0.4, -0.2) is 41.2 Å². The van der Waals surface area contributed by atoms with Crippen LogP contribution in [0.1, 0.15) is 44.6 Å². The molecule has 1 aromatic carbocycles. The molecule has 1 heterocycles. The Hall–Kier alpha value is -2.37. The number of piperidine rings is 1. The van der Waals surface area contributed by atoms with E-state index >= 15 is 0 Å². The number of nitrogens with two attached hydrogens (primary N) is 1. The van der Waals surface area contributed by atoms with Crippen molar-refractivity contribution >= 4 is 17.7 Å². The molecule has 3 unspecified atom stereocenters. The number of unbranched alkanes of at least 4 members (excludes halogenated alkanes) is 1. The van der Waals surface area contributed by atoms with Gasteiger partial charge in [-0.3, -0.25) is 14.4 Å². The van der Waals surface area contributed by atoms with Crippen molar-refractivity contribution in [3.05, 3.63) is 35.9 Å². The second-order valence-corrected chi connectivity index (χ2v) is 7.77. The fraction of sp³-hybridized carbons (Fsp3) is 0.550. The first-order chi connectivity index (χ1) is 12.4. The molecule has 0 aromatic heterocycles. The van der Waals surface area contributed by atoms with E-state index in [1.165, 1.54) is 5.56 Å². The number of rotatable bonds is 8. The van der Waals surface area contributed by atoms with E-state index < -0.39 is 11.9 Å². The number of carbonyl (C=O) groups excluding carboxylic acids is 3. The summed E-state index contributed by atoms with van der Waals surface area (Å²) in [5, 5.41) is 2.69. The van der Waals surface area contributed by atoms with Crippen molar-refractivity contribution in [2.45, 2.75) is 57.5 Å². The second-order valence-electron chi connectivity index (χ2n) is 7.77. The van der Waals surface area contributed by atoms with Gasteiger partial charge in [-0.25, -0.2) is 0 Å². The van der Waals surface area contributed by atoms with Crippen LogP contribution in [0.25, 0.3) is 0 Å². The summed E-state index contributed by atoms with van der Waals surface area (Å²) in [6.07, 6.45) is 4.61. The molecule has 2 fully saturated rings. The molecular formula is C20H27N3O3. The van der Waals surface area contributed by atoms with Gasteiger partial charge in [0, 0.05) is 12.5 Å². The molecule has 140 valence electrons. The Kier molecular flexibility index (Phi) is 5.30. The number of likely N-dealkylation sites (tertiary alicyclic amines) is 1. The summed E-state index contributed by atoms with van der Waals surface area (Å²) in [6, 6.07) is 9.73. The number of primary amides is 1. The van der Waals surface area contributed by atoms with Crippen molar-refractivity contribution in [3.63, 3.8) is 0 Å². The van der Waals surface area contributed by atoms with Crippen LogP contribution in [0.15, 0.2) is 30.3 Å². The molecule has 1 aromatic rings. The lowest BCUT2D eigenvalue weighted by atomic mass is 10.0. The van der Waals surface area contributed by atoms with Crippen LogP contribution >= 0.6 is 0 Å². The summed E-state index contributed by atoms with van der Waals surface area (Å²) < 4.78 is 0. The minimum absolute atomic E-state index is 0.0246. The highest BCUT2D eigenvalue weighted by Gasteiger charge is 2.63. The Morgan fingerprint density at radius 1 is 1.19 bits per heavy atom. The minimum Gasteiger partial charge on any atom is -0.368 e. The monoisotopic (exact) mass is 357 g/mol. The van der Waals surface area contributed by atoms with Crippen molar-refractivity contribution in [1.82, 2.24) is 10.2 Å². The number of benzene rings is 1. The molecule has 3 amide bonds. The van der Waals surface area contributed by atoms with Gasteiger partial charge in [-0.2, -0.15) is 0 Å². The highest BCUT2D eigenvalue weighted by molar-refractivity contribution is 5.91. The molecule has 6 heteroatoms. The van der Waals surface area contributed by atoms with Crippen LogP contribution in [0.2, 0.25) is 0 Å². The van der Waals surface area contributed by atoms with Gasteiger partial charge in [0.15, 0.2) is 0 Å². The van der Waals surface area contributed by atoms with Crippen LogP contribution < -0.4 is 11.1 Å². The third-order valence-electron chi connectivity index (χ3n) is 5.65. The number of hydrogen-bond donors (Lipinski definition) is 2. The highest BCUT2D eigenvalue weighted by Crippen LogP contribution is 2.58. The fourth-order valence-corrected chi connectivity index (χ4v) is 3.99. The normalized spacial score (nSPS) is 26.3. The zero-order valence-corrected chi connectivity index (χ0v) is 15.2. The van der Waals surface area contributed by atoms with Gasteiger partial charge in [0.05, 0.1) is 6.54 Å². The number of nitrogens with zero attached hydrogens (tertiary/aromatic N) is 1. The summed E-state index contributed by atoms with van der Waals surface area (Å²) in [7, 11) is 0. The lowest BCUT2D eigenvalue weighted by Gasteiger charge is -2.25. The number of amides is 3. The molecule has 6 nitrogen and oxygen atoms in total. The van der Waals surface area contributed by atoms with Crippen LogP contribution in [0.4, 0.5) is 0 Å². The number of aryl methyl sites for hydroxylation is 1. The predicted molar refractivity (Wildman–Crippen MR) is 98.0 cm³/mol. The molecule has 0 spiro atoms. The number of hydrogen-bond acceptors (Lipinski definition) is 3. The van der Waals surface area contributed by atoms with E-state index in [0.717, 1.165) is 25.7 Å². The van der Waals surface area contributed by atoms with Gasteiger partial charge < -0.3 is 16.0 Å². The van der Waals surface area contributed by atoms with E-state index in [-0.39, 0.29) is 29.8 Å². The second kappa shape index (κ2) is 7.48. The van der Waals surface area contributed by atoms with Gasteiger partial charge in [0.25, 0.3) is 0 Å². The Morgan fingerprint density at radius 2 is 1.92 bits per heavy atom. The quantitative estimate of drug-likeness (QED) is 0.689. The summed E-state index contributed by atoms with van der Waals surface area (Å²) >= 11 is 0. The summed E-state index contributed by atoms with van der Waals surface area (Å²) in [5.41, 5.74) is 6.72. The molecule has 0 bridgehead atoms. The lowest BCUT2D eigenvalue weighted by Crippen LogP contribution is -2.49. The average molecular weight is 357 g/mol. The van der Waals surface area contributed by atoms with Crippen molar-refractivity contribution in [1.29, 1.82) is 0 Å². The summed E-state index contributed by atoms with van der Waals surface area (Å²) in [4.78, 5) is 37.6. The van der Waals surface area contributed by atoms with Crippen LogP contribution in [0.5, 0.6) is 0 Å². The maximum atomic E-state index is 12.5. The van der Waals surface area contributed by atoms with Gasteiger partial charge in [0.2, 0.25) is 17.7 Å². The first-order valence-corrected chi connectivity index (χ1v) is 9.32. The minimum atomic E-state index is -0.533. The average Bonchev–Trinajstić information content (AvgIpc) is 3.18. The van der Waals surface area contributed by atoms with Crippen molar-refractivity contribution in [2.75, 3.05) is 6.54 Å². The smallest absolute Gasteiger partial charge is 0.242 e. The topological polar surface area (TPSA) is 92.5 Å². The molecular weight excluding hydrogens is 330 g/mol. The Bertz CT molecular complexity index is 691. The Labute approximate surface area is 154 Å². The van der Waals surface area contributed by atoms with Gasteiger partial charge in [-0.15, -0.1) is 0 Å². The third kappa shape index (κ3) is 4.06. The van der Waals surface area contributed by atoms with Gasteiger partial charge >= 0.3 is 0 Å². The number of fused-ring (bicyclic) bond motifs is 1. The van der Waals surface area contributed by atoms with Gasteiger partial charge in [0.1, 0.15) is 6.04 Å². The molecule has 1 saturated heterocycles. The predicted octanol–water partition coefficient (Wildman–Crippen LogP) is 1.38. The molecule has 3 atom stereocenters. The zero-order chi connectivity index (χ0) is 18.7. The fourth-order valence-electron chi connectivity index (χ4n) is 3.99. The van der Waals surface area contributed by atoms with Crippen LogP contribution in [-0.2, 0) is 20.8 Å². The molecule has 0 radical (unpaired) electrons. The van der Waals surface area contributed by atoms with E-state index in [0.29, 0.717) is 12.8 Å². The first kappa shape index (κ1) is 18.4. The largest absolute Gasteiger partial charge is 0.368 e. The Balaban J connectivity index is 1.37. The van der Waals surface area contributed by atoms with Crippen molar-refractivity contribution < 1.29 is 14.4 Å². The standard InChI is InChI=1S/C20H27N3O3/c1-20-11-15(19(21)26)23(16(20)12-20)18(25)13-22-17(24)10-6-5-9-14-7-3-2-4-8-14/h2-4,7-8,15-16H,5-6,9-13H2,1H3,(H2,21,26)(H,22,24). The maximum absolute atomic E-state index is 12.5. The molecule has 1 saturated carbocycles. The number of nitrogens with one attached hydrogen (secondary N) is 1. The summed E-state index contributed by atoms with van der Waals surface area (Å²) in [5.74, 6) is -0.795. The lowest BCUT2D eigenvalue weighted by molar-refractivity contribution is -0.138. The van der Waals surface area contributed by atoms with Crippen molar-refractivity contribution in [2.24, 2.45) is 11.1 Å². The first-order valence-electron chi connectivity index (χ1n) is 9.32. The maximum Gasteiger partial charge on any atom is 0.242 e. The van der Waals surface area contributed by atoms with E-state index in [4.69, 9.17) is 5.73 Å². The van der Waals surface area contributed by atoms with E-state index in [2.05, 4.69) is 24.4 Å². The van der Waals surface area contributed by atoms with Gasteiger partial charge in [-0.1, -0.05) is 37.3 Å². The molecule has 3 rings (SSSR count). The van der Waals surface area contributed by atoms with E-state index in [9.17, 15) is 14.4 Å². The van der Waals surface area contributed by atoms with Crippen molar-refractivity contribution in [3.8, 4) is 0 Å². The molecule has 26 heavy (non-hydrogen) atoms.